The fraction of sp³-hybridized carbons (Fsp3) is 0.750. The molecule has 16 heavy (non-hydrogen) atoms. The maximum atomic E-state index is 4.52. The summed E-state index contributed by atoms with van der Waals surface area (Å²) in [5, 5.41) is 4.52. The van der Waals surface area contributed by atoms with Crippen LogP contribution in [-0.4, -0.2) is 34.3 Å². The van der Waals surface area contributed by atoms with Crippen LogP contribution in [0.15, 0.2) is 16.9 Å². The summed E-state index contributed by atoms with van der Waals surface area (Å²) in [6.07, 6.45) is 6.21. The lowest BCUT2D eigenvalue weighted by atomic mass is 10.2. The topological polar surface area (TPSA) is 21.1 Å². The average molecular weight is 282 g/mol. The number of piperidine rings is 1. The molecule has 2 aliphatic carbocycles. The van der Waals surface area contributed by atoms with E-state index in [4.69, 9.17) is 0 Å². The Labute approximate surface area is 104 Å². The Kier molecular flexibility index (Phi) is 1.87. The highest BCUT2D eigenvalue weighted by atomic mass is 79.9. The molecule has 4 heteroatoms. The number of rotatable bonds is 3. The van der Waals surface area contributed by atoms with E-state index in [-0.39, 0.29) is 0 Å². The second-order valence-corrected chi connectivity index (χ2v) is 6.57. The van der Waals surface area contributed by atoms with Crippen LogP contribution < -0.4 is 0 Å². The van der Waals surface area contributed by atoms with Crippen LogP contribution >= 0.6 is 15.9 Å². The molecule has 1 aromatic heterocycles. The molecular weight excluding hydrogens is 266 g/mol. The summed E-state index contributed by atoms with van der Waals surface area (Å²) >= 11 is 3.44. The Bertz CT molecular complexity index is 414. The molecule has 2 saturated carbocycles. The van der Waals surface area contributed by atoms with E-state index in [1.165, 1.54) is 38.9 Å². The van der Waals surface area contributed by atoms with Crippen molar-refractivity contribution in [2.75, 3.05) is 19.6 Å². The van der Waals surface area contributed by atoms with Gasteiger partial charge >= 0.3 is 0 Å². The lowest BCUT2D eigenvalue weighted by Crippen LogP contribution is -2.35. The van der Waals surface area contributed by atoms with Gasteiger partial charge < -0.3 is 4.90 Å². The predicted molar refractivity (Wildman–Crippen MR) is 65.2 cm³/mol. The van der Waals surface area contributed by atoms with E-state index in [0.29, 0.717) is 5.54 Å². The minimum absolute atomic E-state index is 0.336. The monoisotopic (exact) mass is 281 g/mol. The molecule has 0 amide bonds. The van der Waals surface area contributed by atoms with E-state index in [9.17, 15) is 0 Å². The Morgan fingerprint density at radius 3 is 2.69 bits per heavy atom. The summed E-state index contributed by atoms with van der Waals surface area (Å²) in [7, 11) is 0. The molecule has 2 unspecified atom stereocenters. The van der Waals surface area contributed by atoms with Gasteiger partial charge in [-0.25, -0.2) is 0 Å². The van der Waals surface area contributed by atoms with E-state index in [1.807, 2.05) is 6.07 Å². The third-order valence-electron chi connectivity index (χ3n) is 4.44. The van der Waals surface area contributed by atoms with Gasteiger partial charge in [-0.15, -0.1) is 0 Å². The average Bonchev–Trinajstić information content (AvgIpc) is 3.10. The zero-order valence-electron chi connectivity index (χ0n) is 9.27. The van der Waals surface area contributed by atoms with Crippen LogP contribution in [0.25, 0.3) is 0 Å². The molecule has 86 valence electrons. The molecular formula is C12H16BrN3. The summed E-state index contributed by atoms with van der Waals surface area (Å²) in [4.78, 5) is 2.65. The molecule has 1 saturated heterocycles. The number of halogens is 1. The van der Waals surface area contributed by atoms with Crippen LogP contribution in [-0.2, 0) is 5.54 Å². The molecule has 3 fully saturated rings. The highest BCUT2D eigenvalue weighted by molar-refractivity contribution is 9.10. The third-order valence-corrected chi connectivity index (χ3v) is 4.86. The molecule has 1 aliphatic heterocycles. The van der Waals surface area contributed by atoms with Crippen molar-refractivity contribution in [2.45, 2.75) is 24.8 Å². The summed E-state index contributed by atoms with van der Waals surface area (Å²) in [5.74, 6) is 2.08. The minimum atomic E-state index is 0.336. The summed E-state index contributed by atoms with van der Waals surface area (Å²) in [6.45, 7) is 3.90. The Morgan fingerprint density at radius 1 is 1.38 bits per heavy atom. The molecule has 3 nitrogen and oxygen atoms in total. The van der Waals surface area contributed by atoms with Gasteiger partial charge in [0.15, 0.2) is 0 Å². The summed E-state index contributed by atoms with van der Waals surface area (Å²) < 4.78 is 3.14. The van der Waals surface area contributed by atoms with Gasteiger partial charge in [0.2, 0.25) is 0 Å². The molecule has 1 aromatic rings. The first-order chi connectivity index (χ1) is 7.75. The quantitative estimate of drug-likeness (QED) is 0.846. The van der Waals surface area contributed by atoms with Crippen molar-refractivity contribution in [3.05, 3.63) is 16.9 Å². The van der Waals surface area contributed by atoms with E-state index >= 15 is 0 Å². The van der Waals surface area contributed by atoms with Crippen molar-refractivity contribution in [1.29, 1.82) is 0 Å². The van der Waals surface area contributed by atoms with Crippen LogP contribution in [0.5, 0.6) is 0 Å². The number of aromatic nitrogens is 2. The van der Waals surface area contributed by atoms with Crippen molar-refractivity contribution in [1.82, 2.24) is 14.7 Å². The largest absolute Gasteiger partial charge is 0.300 e. The first-order valence-electron chi connectivity index (χ1n) is 6.19. The standard InChI is InChI=1S/C12H16BrN3/c13-11-1-4-16(14-11)12(2-3-12)8-15-6-9-5-10(9)7-15/h1,4,9-10H,2-3,5-8H2. The van der Waals surface area contributed by atoms with Crippen LogP contribution in [0, 0.1) is 11.8 Å². The normalized spacial score (nSPS) is 35.1. The van der Waals surface area contributed by atoms with Gasteiger partial charge in [0.1, 0.15) is 4.60 Å². The molecule has 0 N–H and O–H groups in total. The Balaban J connectivity index is 1.49. The first-order valence-corrected chi connectivity index (χ1v) is 6.99. The van der Waals surface area contributed by atoms with Crippen molar-refractivity contribution in [2.24, 2.45) is 11.8 Å². The first kappa shape index (κ1) is 9.66. The van der Waals surface area contributed by atoms with Crippen molar-refractivity contribution in [3.8, 4) is 0 Å². The number of hydrogen-bond donors (Lipinski definition) is 0. The minimum Gasteiger partial charge on any atom is -0.300 e. The second-order valence-electron chi connectivity index (χ2n) is 5.76. The van der Waals surface area contributed by atoms with Gasteiger partial charge in [0.25, 0.3) is 0 Å². The maximum Gasteiger partial charge on any atom is 0.128 e. The van der Waals surface area contributed by atoms with Gasteiger partial charge in [-0.2, -0.15) is 5.10 Å². The molecule has 2 heterocycles. The maximum absolute atomic E-state index is 4.52. The molecule has 0 aromatic carbocycles. The van der Waals surface area contributed by atoms with E-state index in [1.54, 1.807) is 0 Å². The van der Waals surface area contributed by atoms with Gasteiger partial charge in [0.05, 0.1) is 5.54 Å². The van der Waals surface area contributed by atoms with E-state index in [0.717, 1.165) is 16.4 Å². The fourth-order valence-electron chi connectivity index (χ4n) is 3.21. The third kappa shape index (κ3) is 1.46. The highest BCUT2D eigenvalue weighted by Gasteiger charge is 2.51. The molecule has 0 spiro atoms. The smallest absolute Gasteiger partial charge is 0.128 e. The zero-order valence-corrected chi connectivity index (χ0v) is 10.9. The zero-order chi connectivity index (χ0) is 10.8. The van der Waals surface area contributed by atoms with Crippen molar-refractivity contribution < 1.29 is 0 Å². The molecule has 4 rings (SSSR count). The van der Waals surface area contributed by atoms with Crippen LogP contribution in [0.1, 0.15) is 19.3 Å². The van der Waals surface area contributed by atoms with Gasteiger partial charge in [0, 0.05) is 25.8 Å². The Hall–Kier alpha value is -0.350. The second kappa shape index (κ2) is 3.10. The van der Waals surface area contributed by atoms with Crippen molar-refractivity contribution >= 4 is 15.9 Å². The number of fused-ring (bicyclic) bond motifs is 1. The number of likely N-dealkylation sites (tertiary alicyclic amines) is 1. The van der Waals surface area contributed by atoms with Crippen LogP contribution in [0.3, 0.4) is 0 Å². The van der Waals surface area contributed by atoms with Crippen molar-refractivity contribution in [3.63, 3.8) is 0 Å². The molecule has 2 atom stereocenters. The summed E-state index contributed by atoms with van der Waals surface area (Å²) in [6, 6.07) is 2.04. The highest BCUT2D eigenvalue weighted by Crippen LogP contribution is 2.49. The predicted octanol–water partition coefficient (Wildman–Crippen LogP) is 2.09. The number of hydrogen-bond acceptors (Lipinski definition) is 2. The van der Waals surface area contributed by atoms with E-state index in [2.05, 4.69) is 36.8 Å². The fourth-order valence-corrected chi connectivity index (χ4v) is 3.50. The summed E-state index contributed by atoms with van der Waals surface area (Å²) in [5.41, 5.74) is 0.336. The van der Waals surface area contributed by atoms with Gasteiger partial charge in [-0.05, 0) is 53.1 Å². The number of nitrogens with zero attached hydrogens (tertiary/aromatic N) is 3. The lowest BCUT2D eigenvalue weighted by Gasteiger charge is -2.24. The molecule has 0 bridgehead atoms. The van der Waals surface area contributed by atoms with Crippen LogP contribution in [0.4, 0.5) is 0 Å². The SMILES string of the molecule is Brc1ccn(C2(CN3CC4CC4C3)CC2)n1. The van der Waals surface area contributed by atoms with E-state index < -0.39 is 0 Å². The van der Waals surface area contributed by atoms with Gasteiger partial charge in [-0.1, -0.05) is 0 Å². The Morgan fingerprint density at radius 2 is 2.12 bits per heavy atom. The van der Waals surface area contributed by atoms with Gasteiger partial charge in [-0.3, -0.25) is 4.68 Å². The van der Waals surface area contributed by atoms with Crippen LogP contribution in [0.2, 0.25) is 0 Å². The molecule has 3 aliphatic rings. The molecule has 0 radical (unpaired) electrons. The lowest BCUT2D eigenvalue weighted by molar-refractivity contribution is 0.231.